The topological polar surface area (TPSA) is 55.1 Å². The second kappa shape index (κ2) is 6.28. The van der Waals surface area contributed by atoms with Crippen LogP contribution in [0.1, 0.15) is 38.3 Å². The van der Waals surface area contributed by atoms with Crippen LogP contribution in [0.15, 0.2) is 30.3 Å². The van der Waals surface area contributed by atoms with E-state index in [2.05, 4.69) is 12.2 Å². The molecule has 0 aliphatic carbocycles. The van der Waals surface area contributed by atoms with Gasteiger partial charge in [0, 0.05) is 0 Å². The van der Waals surface area contributed by atoms with E-state index in [1.165, 1.54) is 0 Å². The van der Waals surface area contributed by atoms with Crippen LogP contribution in [0.4, 0.5) is 0 Å². The summed E-state index contributed by atoms with van der Waals surface area (Å²) in [6.07, 6.45) is 1.53. The zero-order valence-electron chi connectivity index (χ0n) is 9.94. The van der Waals surface area contributed by atoms with Crippen LogP contribution in [0, 0.1) is 0 Å². The van der Waals surface area contributed by atoms with E-state index in [1.807, 2.05) is 37.3 Å². The van der Waals surface area contributed by atoms with Crippen molar-refractivity contribution in [3.8, 4) is 0 Å². The molecular weight excluding hydrogens is 200 g/mol. The molecule has 3 N–H and O–H groups in total. The molecule has 0 aromatic heterocycles. The predicted molar refractivity (Wildman–Crippen MR) is 65.9 cm³/mol. The standard InChI is InChI=1S/C13H20N2O/c1-3-11(14)13(16)15-12(4-2)10-8-6-5-7-9-10/h5-9,11-12H,3-4,14H2,1-2H3,(H,15,16)/t11-,12?/m0/s1. The molecule has 0 fully saturated rings. The molecule has 88 valence electrons. The van der Waals surface area contributed by atoms with Gasteiger partial charge in [-0.1, -0.05) is 44.2 Å². The number of hydrogen-bond donors (Lipinski definition) is 2. The second-order valence-corrected chi connectivity index (χ2v) is 3.89. The molecule has 0 saturated heterocycles. The lowest BCUT2D eigenvalue weighted by atomic mass is 10.0. The Labute approximate surface area is 97.0 Å². The largest absolute Gasteiger partial charge is 0.348 e. The molecule has 3 nitrogen and oxygen atoms in total. The molecule has 1 aromatic carbocycles. The Balaban J connectivity index is 2.66. The minimum atomic E-state index is -0.405. The van der Waals surface area contributed by atoms with Gasteiger partial charge < -0.3 is 11.1 Å². The van der Waals surface area contributed by atoms with Crippen molar-refractivity contribution in [2.45, 2.75) is 38.8 Å². The molecule has 0 aliphatic heterocycles. The summed E-state index contributed by atoms with van der Waals surface area (Å²) in [5, 5.41) is 2.97. The number of hydrogen-bond acceptors (Lipinski definition) is 2. The van der Waals surface area contributed by atoms with Crippen molar-refractivity contribution < 1.29 is 4.79 Å². The van der Waals surface area contributed by atoms with Gasteiger partial charge in [-0.2, -0.15) is 0 Å². The van der Waals surface area contributed by atoms with E-state index in [0.29, 0.717) is 6.42 Å². The Morgan fingerprint density at radius 2 is 1.88 bits per heavy atom. The third-order valence-corrected chi connectivity index (χ3v) is 2.70. The van der Waals surface area contributed by atoms with E-state index in [4.69, 9.17) is 5.73 Å². The molecule has 0 saturated carbocycles. The van der Waals surface area contributed by atoms with Gasteiger partial charge in [0.15, 0.2) is 0 Å². The molecule has 1 amide bonds. The van der Waals surface area contributed by atoms with E-state index in [0.717, 1.165) is 12.0 Å². The van der Waals surface area contributed by atoms with Gasteiger partial charge in [0.25, 0.3) is 0 Å². The quantitative estimate of drug-likeness (QED) is 0.797. The van der Waals surface area contributed by atoms with Crippen LogP contribution in [-0.2, 0) is 4.79 Å². The van der Waals surface area contributed by atoms with Crippen molar-refractivity contribution in [3.05, 3.63) is 35.9 Å². The number of amides is 1. The van der Waals surface area contributed by atoms with Crippen molar-refractivity contribution in [2.24, 2.45) is 5.73 Å². The second-order valence-electron chi connectivity index (χ2n) is 3.89. The monoisotopic (exact) mass is 220 g/mol. The van der Waals surface area contributed by atoms with Crippen molar-refractivity contribution in [1.82, 2.24) is 5.32 Å². The first-order valence-corrected chi connectivity index (χ1v) is 5.79. The first-order valence-electron chi connectivity index (χ1n) is 5.79. The third-order valence-electron chi connectivity index (χ3n) is 2.70. The minimum Gasteiger partial charge on any atom is -0.348 e. The van der Waals surface area contributed by atoms with Crippen LogP contribution < -0.4 is 11.1 Å². The number of carbonyl (C=O) groups excluding carboxylic acids is 1. The lowest BCUT2D eigenvalue weighted by Gasteiger charge is -2.19. The van der Waals surface area contributed by atoms with E-state index >= 15 is 0 Å². The van der Waals surface area contributed by atoms with Crippen molar-refractivity contribution in [3.63, 3.8) is 0 Å². The summed E-state index contributed by atoms with van der Waals surface area (Å²) in [5.41, 5.74) is 6.81. The first-order chi connectivity index (χ1) is 7.69. The van der Waals surface area contributed by atoms with Gasteiger partial charge in [-0.3, -0.25) is 4.79 Å². The van der Waals surface area contributed by atoms with E-state index in [1.54, 1.807) is 0 Å². The summed E-state index contributed by atoms with van der Waals surface area (Å²) in [6.45, 7) is 3.96. The van der Waals surface area contributed by atoms with Gasteiger partial charge in [-0.05, 0) is 18.4 Å². The molecule has 1 rings (SSSR count). The smallest absolute Gasteiger partial charge is 0.237 e. The fourth-order valence-electron chi connectivity index (χ4n) is 1.57. The fourth-order valence-corrected chi connectivity index (χ4v) is 1.57. The van der Waals surface area contributed by atoms with Crippen LogP contribution >= 0.6 is 0 Å². The van der Waals surface area contributed by atoms with Crippen LogP contribution in [0.2, 0.25) is 0 Å². The summed E-state index contributed by atoms with van der Waals surface area (Å²) >= 11 is 0. The maximum Gasteiger partial charge on any atom is 0.237 e. The SMILES string of the molecule is CCC(NC(=O)[C@@H](N)CC)c1ccccc1. The van der Waals surface area contributed by atoms with Crippen molar-refractivity contribution in [1.29, 1.82) is 0 Å². The van der Waals surface area contributed by atoms with Gasteiger partial charge in [0.05, 0.1) is 12.1 Å². The van der Waals surface area contributed by atoms with Crippen LogP contribution in [0.3, 0.4) is 0 Å². The summed E-state index contributed by atoms with van der Waals surface area (Å²) in [4.78, 5) is 11.7. The van der Waals surface area contributed by atoms with Crippen molar-refractivity contribution in [2.75, 3.05) is 0 Å². The van der Waals surface area contributed by atoms with Gasteiger partial charge in [-0.15, -0.1) is 0 Å². The van der Waals surface area contributed by atoms with Crippen molar-refractivity contribution >= 4 is 5.91 Å². The number of nitrogens with two attached hydrogens (primary N) is 1. The average Bonchev–Trinajstić information content (AvgIpc) is 2.35. The van der Waals surface area contributed by atoms with E-state index < -0.39 is 6.04 Å². The lowest BCUT2D eigenvalue weighted by Crippen LogP contribution is -2.41. The van der Waals surface area contributed by atoms with Crippen LogP contribution in [0.25, 0.3) is 0 Å². The van der Waals surface area contributed by atoms with Gasteiger partial charge in [0.1, 0.15) is 0 Å². The Morgan fingerprint density at radius 1 is 1.25 bits per heavy atom. The highest BCUT2D eigenvalue weighted by Gasteiger charge is 2.16. The summed E-state index contributed by atoms with van der Waals surface area (Å²) in [6, 6.07) is 9.62. The lowest BCUT2D eigenvalue weighted by molar-refractivity contribution is -0.123. The highest BCUT2D eigenvalue weighted by Crippen LogP contribution is 2.15. The molecule has 2 atom stereocenters. The molecule has 0 spiro atoms. The predicted octanol–water partition coefficient (Wildman–Crippen LogP) is 1.99. The molecule has 1 unspecified atom stereocenters. The molecular formula is C13H20N2O. The number of rotatable bonds is 5. The van der Waals surface area contributed by atoms with Gasteiger partial charge >= 0.3 is 0 Å². The summed E-state index contributed by atoms with van der Waals surface area (Å²) in [5.74, 6) is -0.0711. The maximum absolute atomic E-state index is 11.7. The normalized spacial score (nSPS) is 14.2. The van der Waals surface area contributed by atoms with E-state index in [-0.39, 0.29) is 11.9 Å². The van der Waals surface area contributed by atoms with Crippen LogP contribution in [-0.4, -0.2) is 11.9 Å². The summed E-state index contributed by atoms with van der Waals surface area (Å²) < 4.78 is 0. The van der Waals surface area contributed by atoms with Crippen LogP contribution in [0.5, 0.6) is 0 Å². The zero-order chi connectivity index (χ0) is 12.0. The highest BCUT2D eigenvalue weighted by atomic mass is 16.2. The van der Waals surface area contributed by atoms with Gasteiger partial charge in [0.2, 0.25) is 5.91 Å². The Hall–Kier alpha value is -1.35. The first kappa shape index (κ1) is 12.7. The maximum atomic E-state index is 11.7. The molecule has 0 aliphatic rings. The average molecular weight is 220 g/mol. The third kappa shape index (κ3) is 3.35. The fraction of sp³-hybridized carbons (Fsp3) is 0.462. The Morgan fingerprint density at radius 3 is 2.38 bits per heavy atom. The Bertz CT molecular complexity index is 324. The minimum absolute atomic E-state index is 0.0614. The molecule has 0 bridgehead atoms. The van der Waals surface area contributed by atoms with Gasteiger partial charge in [-0.25, -0.2) is 0 Å². The molecule has 3 heteroatoms. The zero-order valence-corrected chi connectivity index (χ0v) is 9.94. The molecule has 0 radical (unpaired) electrons. The molecule has 1 aromatic rings. The summed E-state index contributed by atoms with van der Waals surface area (Å²) in [7, 11) is 0. The molecule has 16 heavy (non-hydrogen) atoms. The number of benzene rings is 1. The molecule has 0 heterocycles. The van der Waals surface area contributed by atoms with E-state index in [9.17, 15) is 4.79 Å². The Kier molecular flexibility index (Phi) is 4.99. The highest BCUT2D eigenvalue weighted by molar-refractivity contribution is 5.81. The number of nitrogens with one attached hydrogen (secondary N) is 1. The number of carbonyl (C=O) groups is 1.